The lowest BCUT2D eigenvalue weighted by molar-refractivity contribution is -0.161. The minimum absolute atomic E-state index is 0.119. The van der Waals surface area contributed by atoms with E-state index in [2.05, 4.69) is 6.58 Å². The molecule has 1 aromatic carbocycles. The highest BCUT2D eigenvalue weighted by atomic mass is 16.6. The van der Waals surface area contributed by atoms with Crippen molar-refractivity contribution in [3.05, 3.63) is 46.7 Å². The summed E-state index contributed by atoms with van der Waals surface area (Å²) < 4.78 is 17.4. The number of ether oxygens (including phenoxy) is 3. The van der Waals surface area contributed by atoms with Crippen LogP contribution in [0.25, 0.3) is 11.6 Å². The molecule has 1 aromatic rings. The van der Waals surface area contributed by atoms with E-state index in [0.717, 1.165) is 35.1 Å². The first-order valence-corrected chi connectivity index (χ1v) is 10.5. The molecular formula is C25H32O5. The molecule has 0 amide bonds. The molecule has 0 bridgehead atoms. The molecule has 1 heterocycles. The molecule has 5 heteroatoms. The fourth-order valence-corrected chi connectivity index (χ4v) is 4.33. The second kappa shape index (κ2) is 8.03. The Kier molecular flexibility index (Phi) is 5.96. The summed E-state index contributed by atoms with van der Waals surface area (Å²) in [6.07, 6.45) is 4.50. The highest BCUT2D eigenvalue weighted by molar-refractivity contribution is 6.21. The van der Waals surface area contributed by atoms with Crippen molar-refractivity contribution in [1.29, 1.82) is 0 Å². The van der Waals surface area contributed by atoms with Gasteiger partial charge in [0.25, 0.3) is 0 Å². The highest BCUT2D eigenvalue weighted by Crippen LogP contribution is 2.49. The van der Waals surface area contributed by atoms with Crippen molar-refractivity contribution in [2.45, 2.75) is 72.0 Å². The van der Waals surface area contributed by atoms with Crippen LogP contribution < -0.4 is 0 Å². The lowest BCUT2D eigenvalue weighted by Gasteiger charge is -2.37. The number of methoxy groups -OCH3 is 1. The maximum atomic E-state index is 13.2. The van der Waals surface area contributed by atoms with Crippen LogP contribution in [0.4, 0.5) is 0 Å². The number of aryl methyl sites for hydroxylation is 2. The number of hydrogen-bond donors (Lipinski definition) is 0. The third-order valence-corrected chi connectivity index (χ3v) is 6.05. The van der Waals surface area contributed by atoms with Crippen LogP contribution in [-0.4, -0.2) is 30.8 Å². The van der Waals surface area contributed by atoms with E-state index in [-0.39, 0.29) is 12.1 Å². The van der Waals surface area contributed by atoms with Crippen LogP contribution in [0.5, 0.6) is 0 Å². The summed E-state index contributed by atoms with van der Waals surface area (Å²) in [5, 5.41) is 0. The second-order valence-electron chi connectivity index (χ2n) is 9.40. The quantitative estimate of drug-likeness (QED) is 0.642. The maximum Gasteiger partial charge on any atom is 0.343 e. The first-order valence-electron chi connectivity index (χ1n) is 10.5. The van der Waals surface area contributed by atoms with Gasteiger partial charge in [0.2, 0.25) is 0 Å². The number of benzene rings is 1. The zero-order chi connectivity index (χ0) is 22.3. The minimum atomic E-state index is -0.918. The summed E-state index contributed by atoms with van der Waals surface area (Å²) in [5.74, 6) is -0.445. The van der Waals surface area contributed by atoms with Crippen LogP contribution in [0.3, 0.4) is 0 Å². The monoisotopic (exact) mass is 412 g/mol. The van der Waals surface area contributed by atoms with E-state index in [9.17, 15) is 9.59 Å². The molecule has 1 aliphatic carbocycles. The van der Waals surface area contributed by atoms with Gasteiger partial charge < -0.3 is 14.2 Å². The van der Waals surface area contributed by atoms with Gasteiger partial charge in [0.05, 0.1) is 11.5 Å². The zero-order valence-electron chi connectivity index (χ0n) is 18.9. The van der Waals surface area contributed by atoms with Crippen molar-refractivity contribution in [3.63, 3.8) is 0 Å². The Bertz CT molecular complexity index is 885. The normalized spacial score (nSPS) is 24.2. The fraction of sp³-hybridized carbons (Fsp3) is 0.520. The molecule has 3 rings (SSSR count). The van der Waals surface area contributed by atoms with Gasteiger partial charge in [-0.2, -0.15) is 0 Å². The Morgan fingerprint density at radius 2 is 1.77 bits per heavy atom. The van der Waals surface area contributed by atoms with Crippen molar-refractivity contribution in [3.8, 4) is 0 Å². The van der Waals surface area contributed by atoms with Crippen molar-refractivity contribution in [2.24, 2.45) is 5.41 Å². The standard InChI is InChI=1S/C25H32O5/c1-8-17-13-15(2)19(16(3)14-17)20-21(29-23(27)24(4,5)6)25(30-22(20)26)11-9-18(28-7)10-12-25/h8,13-14,18H,1,9-12H2,2-7H3. The molecule has 0 atom stereocenters. The van der Waals surface area contributed by atoms with Gasteiger partial charge in [0.15, 0.2) is 11.4 Å². The van der Waals surface area contributed by atoms with Crippen LogP contribution in [0.1, 0.15) is 68.7 Å². The van der Waals surface area contributed by atoms with Gasteiger partial charge in [-0.15, -0.1) is 0 Å². The number of carbonyl (C=O) groups excluding carboxylic acids is 2. The van der Waals surface area contributed by atoms with Crippen LogP contribution in [0, 0.1) is 19.3 Å². The van der Waals surface area contributed by atoms with Crippen molar-refractivity contribution >= 4 is 23.6 Å². The average molecular weight is 413 g/mol. The Labute approximate surface area is 179 Å². The maximum absolute atomic E-state index is 13.2. The van der Waals surface area contributed by atoms with E-state index in [4.69, 9.17) is 14.2 Å². The van der Waals surface area contributed by atoms with Gasteiger partial charge >= 0.3 is 11.9 Å². The molecule has 0 N–H and O–H groups in total. The molecule has 30 heavy (non-hydrogen) atoms. The third-order valence-electron chi connectivity index (χ3n) is 6.05. The van der Waals surface area contributed by atoms with Gasteiger partial charge in [0.1, 0.15) is 5.57 Å². The molecule has 1 saturated carbocycles. The van der Waals surface area contributed by atoms with Crippen molar-refractivity contribution in [1.82, 2.24) is 0 Å². The van der Waals surface area contributed by atoms with Gasteiger partial charge in [-0.3, -0.25) is 4.79 Å². The zero-order valence-corrected chi connectivity index (χ0v) is 18.9. The predicted molar refractivity (Wildman–Crippen MR) is 117 cm³/mol. The minimum Gasteiger partial charge on any atom is -0.447 e. The summed E-state index contributed by atoms with van der Waals surface area (Å²) in [6.45, 7) is 13.1. The summed E-state index contributed by atoms with van der Waals surface area (Å²) in [5.41, 5.74) is 2.34. The predicted octanol–water partition coefficient (Wildman–Crippen LogP) is 5.13. The SMILES string of the molecule is C=Cc1cc(C)c(C2=C(OC(=O)C(C)(C)C)C3(CCC(OC)CC3)OC2=O)c(C)c1. The third kappa shape index (κ3) is 3.95. The Morgan fingerprint density at radius 1 is 1.20 bits per heavy atom. The molecule has 0 aromatic heterocycles. The van der Waals surface area contributed by atoms with Crippen molar-refractivity contribution < 1.29 is 23.8 Å². The number of esters is 2. The first kappa shape index (κ1) is 22.3. The summed E-state index contributed by atoms with van der Waals surface area (Å²) in [7, 11) is 1.69. The Hall–Kier alpha value is -2.40. The molecule has 162 valence electrons. The van der Waals surface area contributed by atoms with E-state index < -0.39 is 17.0 Å². The van der Waals surface area contributed by atoms with E-state index in [1.54, 1.807) is 34.0 Å². The summed E-state index contributed by atoms with van der Waals surface area (Å²) in [6, 6.07) is 3.96. The molecular weight excluding hydrogens is 380 g/mol. The van der Waals surface area contributed by atoms with E-state index in [1.807, 2.05) is 26.0 Å². The molecule has 1 fully saturated rings. The molecule has 2 aliphatic rings. The second-order valence-corrected chi connectivity index (χ2v) is 9.40. The van der Waals surface area contributed by atoms with Crippen LogP contribution in [0.15, 0.2) is 24.5 Å². The van der Waals surface area contributed by atoms with Gasteiger partial charge in [-0.05, 0) is 82.6 Å². The molecule has 0 saturated heterocycles. The molecule has 1 spiro atoms. The van der Waals surface area contributed by atoms with Gasteiger partial charge in [-0.1, -0.05) is 24.8 Å². The summed E-state index contributed by atoms with van der Waals surface area (Å²) in [4.78, 5) is 26.0. The van der Waals surface area contributed by atoms with Crippen LogP contribution in [-0.2, 0) is 23.8 Å². The van der Waals surface area contributed by atoms with Crippen LogP contribution >= 0.6 is 0 Å². The number of carbonyl (C=O) groups is 2. The smallest absolute Gasteiger partial charge is 0.343 e. The molecule has 0 unspecified atom stereocenters. The van der Waals surface area contributed by atoms with Crippen LogP contribution in [0.2, 0.25) is 0 Å². The first-order chi connectivity index (χ1) is 14.0. The van der Waals surface area contributed by atoms with Gasteiger partial charge in [-0.25, -0.2) is 4.79 Å². The number of rotatable bonds is 4. The lowest BCUT2D eigenvalue weighted by atomic mass is 9.80. The topological polar surface area (TPSA) is 61.8 Å². The molecule has 0 radical (unpaired) electrons. The summed E-state index contributed by atoms with van der Waals surface area (Å²) >= 11 is 0. The Balaban J connectivity index is 2.18. The van der Waals surface area contributed by atoms with E-state index >= 15 is 0 Å². The van der Waals surface area contributed by atoms with Crippen molar-refractivity contribution in [2.75, 3.05) is 7.11 Å². The van der Waals surface area contributed by atoms with E-state index in [0.29, 0.717) is 24.2 Å². The average Bonchev–Trinajstić information content (AvgIpc) is 2.92. The molecule has 1 aliphatic heterocycles. The van der Waals surface area contributed by atoms with Gasteiger partial charge in [0, 0.05) is 7.11 Å². The Morgan fingerprint density at radius 3 is 2.23 bits per heavy atom. The lowest BCUT2D eigenvalue weighted by Crippen LogP contribution is -2.40. The number of hydrogen-bond acceptors (Lipinski definition) is 5. The highest BCUT2D eigenvalue weighted by Gasteiger charge is 2.53. The fourth-order valence-electron chi connectivity index (χ4n) is 4.33. The largest absolute Gasteiger partial charge is 0.447 e. The van der Waals surface area contributed by atoms with E-state index in [1.165, 1.54) is 0 Å². The molecule has 5 nitrogen and oxygen atoms in total.